The highest BCUT2D eigenvalue weighted by Crippen LogP contribution is 2.19. The molecule has 1 aromatic heterocycles. The van der Waals surface area contributed by atoms with E-state index >= 15 is 0 Å². The number of sulfonamides is 1. The van der Waals surface area contributed by atoms with E-state index in [9.17, 15) is 13.2 Å². The molecule has 0 fully saturated rings. The van der Waals surface area contributed by atoms with Gasteiger partial charge in [-0.3, -0.25) is 4.79 Å². The third kappa shape index (κ3) is 4.96. The highest BCUT2D eigenvalue weighted by Gasteiger charge is 2.22. The molecule has 8 heteroatoms. The molecule has 0 aliphatic rings. The van der Waals surface area contributed by atoms with Crippen LogP contribution in [0.4, 0.5) is 0 Å². The van der Waals surface area contributed by atoms with Crippen LogP contribution in [0.1, 0.15) is 37.0 Å². The number of rotatable bonds is 8. The Hall–Kier alpha value is -2.73. The van der Waals surface area contributed by atoms with Gasteiger partial charge in [0.1, 0.15) is 0 Å². The second-order valence-electron chi connectivity index (χ2n) is 6.93. The number of hydrogen-bond acceptors (Lipinski definition) is 4. The van der Waals surface area contributed by atoms with Crippen molar-refractivity contribution in [2.75, 3.05) is 13.1 Å². The number of nitrogens with zero attached hydrogens (tertiary/aromatic N) is 3. The molecule has 0 aliphatic heterocycles. The van der Waals surface area contributed by atoms with E-state index in [1.165, 1.54) is 39.9 Å². The molecule has 6 nitrogen and oxygen atoms in total. The molecular formula is C23H25N3O3S2. The monoisotopic (exact) mass is 455 g/mol. The molecule has 3 aromatic rings. The van der Waals surface area contributed by atoms with Crippen LogP contribution in [0.15, 0.2) is 58.4 Å². The molecule has 0 saturated heterocycles. The molecule has 0 radical (unpaired) electrons. The van der Waals surface area contributed by atoms with Crippen molar-refractivity contribution < 1.29 is 13.2 Å². The van der Waals surface area contributed by atoms with E-state index in [1.54, 1.807) is 0 Å². The van der Waals surface area contributed by atoms with Crippen molar-refractivity contribution in [1.82, 2.24) is 8.87 Å². The van der Waals surface area contributed by atoms with Gasteiger partial charge in [-0.25, -0.2) is 8.42 Å². The number of fused-ring (bicyclic) bond motifs is 1. The predicted octanol–water partition coefficient (Wildman–Crippen LogP) is 3.89. The molecule has 1 amide bonds. The fraction of sp³-hybridized carbons (Fsp3) is 0.304. The fourth-order valence-corrected chi connectivity index (χ4v) is 5.72. The average molecular weight is 456 g/mol. The minimum Gasteiger partial charge on any atom is -0.305 e. The molecule has 0 N–H and O–H groups in total. The van der Waals surface area contributed by atoms with Gasteiger partial charge in [0.05, 0.1) is 21.7 Å². The van der Waals surface area contributed by atoms with E-state index in [4.69, 9.17) is 6.42 Å². The van der Waals surface area contributed by atoms with Crippen LogP contribution in [-0.4, -0.2) is 36.3 Å². The van der Waals surface area contributed by atoms with E-state index in [-0.39, 0.29) is 4.90 Å². The average Bonchev–Trinajstić information content (AvgIpc) is 3.11. The minimum atomic E-state index is -3.59. The first-order valence-corrected chi connectivity index (χ1v) is 12.4. The molecular weight excluding hydrogens is 430 g/mol. The first kappa shape index (κ1) is 22.9. The molecule has 0 saturated carbocycles. The van der Waals surface area contributed by atoms with E-state index in [0.29, 0.717) is 30.0 Å². The lowest BCUT2D eigenvalue weighted by atomic mass is 10.2. The van der Waals surface area contributed by atoms with Gasteiger partial charge in [0.2, 0.25) is 10.0 Å². The first-order valence-electron chi connectivity index (χ1n) is 10.1. The summed E-state index contributed by atoms with van der Waals surface area (Å²) in [5.41, 5.74) is 1.24. The van der Waals surface area contributed by atoms with Crippen molar-refractivity contribution in [2.24, 2.45) is 4.99 Å². The van der Waals surface area contributed by atoms with Crippen molar-refractivity contribution >= 4 is 37.5 Å². The maximum atomic E-state index is 12.9. The van der Waals surface area contributed by atoms with Crippen molar-refractivity contribution in [2.45, 2.75) is 38.1 Å². The van der Waals surface area contributed by atoms with Crippen molar-refractivity contribution in [3.63, 3.8) is 0 Å². The zero-order valence-electron chi connectivity index (χ0n) is 17.6. The fourth-order valence-electron chi connectivity index (χ4n) is 3.20. The SMILES string of the molecule is C#CCn1c(=NC(=O)c2ccc(S(=O)(=O)N(CC)CCCC)cc2)sc2ccccc21. The molecule has 3 rings (SSSR count). The van der Waals surface area contributed by atoms with Gasteiger partial charge in [0.15, 0.2) is 4.80 Å². The van der Waals surface area contributed by atoms with E-state index in [1.807, 2.05) is 42.7 Å². The number of aromatic nitrogens is 1. The molecule has 2 aromatic carbocycles. The number of thiazole rings is 1. The van der Waals surface area contributed by atoms with E-state index < -0.39 is 15.9 Å². The third-order valence-electron chi connectivity index (χ3n) is 4.89. The maximum Gasteiger partial charge on any atom is 0.279 e. The van der Waals surface area contributed by atoms with Crippen LogP contribution < -0.4 is 4.80 Å². The summed E-state index contributed by atoms with van der Waals surface area (Å²) in [7, 11) is -3.59. The van der Waals surface area contributed by atoms with Gasteiger partial charge >= 0.3 is 0 Å². The Kier molecular flexibility index (Phi) is 7.44. The van der Waals surface area contributed by atoms with E-state index in [2.05, 4.69) is 10.9 Å². The van der Waals surface area contributed by atoms with Crippen LogP contribution in [0.3, 0.4) is 0 Å². The quantitative estimate of drug-likeness (QED) is 0.484. The Morgan fingerprint density at radius 2 is 1.87 bits per heavy atom. The van der Waals surface area contributed by atoms with Crippen LogP contribution in [-0.2, 0) is 16.6 Å². The number of para-hydroxylation sites is 1. The van der Waals surface area contributed by atoms with Crippen LogP contribution in [0.25, 0.3) is 10.2 Å². The standard InChI is InChI=1S/C23H25N3O3S2/c1-4-7-17-25(6-3)31(28,29)19-14-12-18(13-15-19)22(27)24-23-26(16-5-2)20-10-8-9-11-21(20)30-23/h2,8-15H,4,6-7,16-17H2,1,3H3. The number of carbonyl (C=O) groups is 1. The minimum absolute atomic E-state index is 0.172. The van der Waals surface area contributed by atoms with Crippen LogP contribution in [0.2, 0.25) is 0 Å². The van der Waals surface area contributed by atoms with Gasteiger partial charge < -0.3 is 4.57 Å². The van der Waals surface area contributed by atoms with Gasteiger partial charge in [0.25, 0.3) is 5.91 Å². The summed E-state index contributed by atoms with van der Waals surface area (Å²) in [6.45, 7) is 5.03. The molecule has 0 bridgehead atoms. The zero-order valence-corrected chi connectivity index (χ0v) is 19.2. The molecule has 0 unspecified atom stereocenters. The molecule has 162 valence electrons. The number of benzene rings is 2. The zero-order chi connectivity index (χ0) is 22.4. The van der Waals surface area contributed by atoms with Crippen LogP contribution in [0, 0.1) is 12.3 Å². The Morgan fingerprint density at radius 3 is 2.52 bits per heavy atom. The number of terminal acetylenes is 1. The molecule has 31 heavy (non-hydrogen) atoms. The number of amides is 1. The second kappa shape index (κ2) is 10.1. The summed E-state index contributed by atoms with van der Waals surface area (Å²) in [6.07, 6.45) is 7.21. The summed E-state index contributed by atoms with van der Waals surface area (Å²) < 4.78 is 30.0. The maximum absolute atomic E-state index is 12.9. The summed E-state index contributed by atoms with van der Waals surface area (Å²) in [6, 6.07) is 13.7. The number of unbranched alkanes of at least 4 members (excludes halogenated alkanes) is 1. The first-order chi connectivity index (χ1) is 14.9. The lowest BCUT2D eigenvalue weighted by Gasteiger charge is -2.20. The highest BCUT2D eigenvalue weighted by atomic mass is 32.2. The van der Waals surface area contributed by atoms with E-state index in [0.717, 1.165) is 23.1 Å². The van der Waals surface area contributed by atoms with Crippen molar-refractivity contribution in [3.8, 4) is 12.3 Å². The highest BCUT2D eigenvalue weighted by molar-refractivity contribution is 7.89. The third-order valence-corrected chi connectivity index (χ3v) is 7.94. The molecule has 0 spiro atoms. The predicted molar refractivity (Wildman–Crippen MR) is 124 cm³/mol. The Bertz CT molecular complexity index is 1280. The van der Waals surface area contributed by atoms with Gasteiger partial charge in [-0.05, 0) is 42.8 Å². The Balaban J connectivity index is 1.92. The number of hydrogen-bond donors (Lipinski definition) is 0. The number of carbonyl (C=O) groups excluding carboxylic acids is 1. The van der Waals surface area contributed by atoms with Gasteiger partial charge in [-0.2, -0.15) is 9.30 Å². The van der Waals surface area contributed by atoms with Crippen molar-refractivity contribution in [3.05, 3.63) is 58.9 Å². The van der Waals surface area contributed by atoms with Crippen LogP contribution >= 0.6 is 11.3 Å². The van der Waals surface area contributed by atoms with Gasteiger partial charge in [0, 0.05) is 18.7 Å². The normalized spacial score (nSPS) is 12.4. The topological polar surface area (TPSA) is 71.7 Å². The Labute approximate surface area is 186 Å². The summed E-state index contributed by atoms with van der Waals surface area (Å²) >= 11 is 1.39. The summed E-state index contributed by atoms with van der Waals surface area (Å²) in [5.74, 6) is 2.15. The van der Waals surface area contributed by atoms with Gasteiger partial charge in [-0.15, -0.1) is 6.42 Å². The Morgan fingerprint density at radius 1 is 1.16 bits per heavy atom. The van der Waals surface area contributed by atoms with Crippen LogP contribution in [0.5, 0.6) is 0 Å². The lowest BCUT2D eigenvalue weighted by Crippen LogP contribution is -2.31. The molecule has 0 atom stereocenters. The summed E-state index contributed by atoms with van der Waals surface area (Å²) in [4.78, 5) is 17.7. The largest absolute Gasteiger partial charge is 0.305 e. The second-order valence-corrected chi connectivity index (χ2v) is 9.88. The smallest absolute Gasteiger partial charge is 0.279 e. The van der Waals surface area contributed by atoms with Gasteiger partial charge in [-0.1, -0.05) is 49.7 Å². The van der Waals surface area contributed by atoms with Crippen molar-refractivity contribution in [1.29, 1.82) is 0 Å². The molecule has 1 heterocycles. The summed E-state index contributed by atoms with van der Waals surface area (Å²) in [5, 5.41) is 0. The lowest BCUT2D eigenvalue weighted by molar-refractivity contribution is 0.0998. The molecule has 0 aliphatic carbocycles.